The van der Waals surface area contributed by atoms with E-state index in [1.165, 1.54) is 24.3 Å². The minimum absolute atomic E-state index is 0.226. The Hall–Kier alpha value is -1.42. The summed E-state index contributed by atoms with van der Waals surface area (Å²) >= 11 is 0. The molecule has 1 aromatic rings. The van der Waals surface area contributed by atoms with Gasteiger partial charge in [0.25, 0.3) is 5.91 Å². The Bertz CT molecular complexity index is 337. The molecule has 0 aliphatic carbocycles. The first-order chi connectivity index (χ1) is 7.63. The van der Waals surface area contributed by atoms with Crippen LogP contribution in [0.25, 0.3) is 0 Å². The van der Waals surface area contributed by atoms with Gasteiger partial charge in [0, 0.05) is 12.1 Å². The summed E-state index contributed by atoms with van der Waals surface area (Å²) in [5, 5.41) is 12.0. The maximum absolute atomic E-state index is 12.6. The molecule has 0 aromatic heterocycles. The van der Waals surface area contributed by atoms with E-state index in [2.05, 4.69) is 5.32 Å². The lowest BCUT2D eigenvalue weighted by Gasteiger charge is -2.10. The Balaban J connectivity index is 2.43. The summed E-state index contributed by atoms with van der Waals surface area (Å²) in [7, 11) is 0. The lowest BCUT2D eigenvalue weighted by molar-refractivity contribution is 0.0910. The Morgan fingerprint density at radius 2 is 2.06 bits per heavy atom. The van der Waals surface area contributed by atoms with Crippen LogP contribution in [0.4, 0.5) is 4.39 Å². The second kappa shape index (κ2) is 6.23. The molecule has 0 saturated heterocycles. The quantitative estimate of drug-likeness (QED) is 0.801. The van der Waals surface area contributed by atoms with Gasteiger partial charge in [0.1, 0.15) is 5.82 Å². The van der Waals surface area contributed by atoms with Gasteiger partial charge in [-0.2, -0.15) is 0 Å². The number of amides is 1. The molecule has 1 atom stereocenters. The third kappa shape index (κ3) is 3.98. The molecule has 2 N–H and O–H groups in total. The Morgan fingerprint density at radius 1 is 1.44 bits per heavy atom. The standard InChI is InChI=1S/C12H16FNO2/c1-2-3-11(15)8-14-12(16)9-4-6-10(13)7-5-9/h4-7,11,15H,2-3,8H2,1H3,(H,14,16). The van der Waals surface area contributed by atoms with Crippen molar-refractivity contribution >= 4 is 5.91 Å². The Kier molecular flexibility index (Phi) is 4.92. The minimum Gasteiger partial charge on any atom is -0.391 e. The predicted molar refractivity (Wildman–Crippen MR) is 59.6 cm³/mol. The third-order valence-electron chi connectivity index (χ3n) is 2.23. The Morgan fingerprint density at radius 3 is 2.62 bits per heavy atom. The molecular weight excluding hydrogens is 209 g/mol. The summed E-state index contributed by atoms with van der Waals surface area (Å²) in [4.78, 5) is 11.5. The van der Waals surface area contributed by atoms with Crippen molar-refractivity contribution in [3.05, 3.63) is 35.6 Å². The van der Waals surface area contributed by atoms with Crippen molar-refractivity contribution in [3.63, 3.8) is 0 Å². The van der Waals surface area contributed by atoms with Gasteiger partial charge in [-0.1, -0.05) is 13.3 Å². The highest BCUT2D eigenvalue weighted by atomic mass is 19.1. The summed E-state index contributed by atoms with van der Waals surface area (Å²) in [6.07, 6.45) is 1.01. The molecule has 0 radical (unpaired) electrons. The maximum Gasteiger partial charge on any atom is 0.251 e. The molecule has 1 unspecified atom stereocenters. The van der Waals surface area contributed by atoms with Crippen LogP contribution in [-0.2, 0) is 0 Å². The van der Waals surface area contributed by atoms with Gasteiger partial charge in [-0.15, -0.1) is 0 Å². The lowest BCUT2D eigenvalue weighted by Crippen LogP contribution is -2.31. The number of aliphatic hydroxyl groups excluding tert-OH is 1. The molecule has 0 aliphatic heterocycles. The van der Waals surface area contributed by atoms with E-state index in [-0.39, 0.29) is 18.3 Å². The molecule has 0 aliphatic rings. The molecule has 3 nitrogen and oxygen atoms in total. The van der Waals surface area contributed by atoms with Gasteiger partial charge >= 0.3 is 0 Å². The third-order valence-corrected chi connectivity index (χ3v) is 2.23. The summed E-state index contributed by atoms with van der Waals surface area (Å²) in [5.74, 6) is -0.669. The van der Waals surface area contributed by atoms with E-state index in [9.17, 15) is 14.3 Å². The van der Waals surface area contributed by atoms with E-state index in [0.29, 0.717) is 12.0 Å². The van der Waals surface area contributed by atoms with E-state index in [4.69, 9.17) is 0 Å². The average Bonchev–Trinajstić information content (AvgIpc) is 2.27. The highest BCUT2D eigenvalue weighted by Crippen LogP contribution is 2.02. The number of benzene rings is 1. The largest absolute Gasteiger partial charge is 0.391 e. The molecule has 1 rings (SSSR count). The highest BCUT2D eigenvalue weighted by Gasteiger charge is 2.08. The van der Waals surface area contributed by atoms with Crippen LogP contribution in [-0.4, -0.2) is 23.7 Å². The van der Waals surface area contributed by atoms with Crippen molar-refractivity contribution < 1.29 is 14.3 Å². The first-order valence-electron chi connectivity index (χ1n) is 5.35. The molecule has 16 heavy (non-hydrogen) atoms. The van der Waals surface area contributed by atoms with Crippen molar-refractivity contribution in [3.8, 4) is 0 Å². The van der Waals surface area contributed by atoms with Crippen molar-refractivity contribution in [1.29, 1.82) is 0 Å². The molecule has 0 fully saturated rings. The predicted octanol–water partition coefficient (Wildman–Crippen LogP) is 1.72. The summed E-state index contributed by atoms with van der Waals surface area (Å²) in [6, 6.07) is 5.29. The zero-order chi connectivity index (χ0) is 12.0. The van der Waals surface area contributed by atoms with E-state index in [1.807, 2.05) is 6.92 Å². The number of carbonyl (C=O) groups is 1. The van der Waals surface area contributed by atoms with Gasteiger partial charge in [-0.25, -0.2) is 4.39 Å². The molecule has 1 aromatic carbocycles. The first-order valence-corrected chi connectivity index (χ1v) is 5.35. The van der Waals surface area contributed by atoms with E-state index >= 15 is 0 Å². The van der Waals surface area contributed by atoms with E-state index in [1.54, 1.807) is 0 Å². The van der Waals surface area contributed by atoms with Gasteiger partial charge < -0.3 is 10.4 Å². The smallest absolute Gasteiger partial charge is 0.251 e. The van der Waals surface area contributed by atoms with Crippen molar-refractivity contribution in [2.24, 2.45) is 0 Å². The zero-order valence-corrected chi connectivity index (χ0v) is 9.24. The van der Waals surface area contributed by atoms with Crippen molar-refractivity contribution in [2.45, 2.75) is 25.9 Å². The zero-order valence-electron chi connectivity index (χ0n) is 9.24. The SMILES string of the molecule is CCCC(O)CNC(=O)c1ccc(F)cc1. The van der Waals surface area contributed by atoms with E-state index in [0.717, 1.165) is 6.42 Å². The average molecular weight is 225 g/mol. The fraction of sp³-hybridized carbons (Fsp3) is 0.417. The maximum atomic E-state index is 12.6. The lowest BCUT2D eigenvalue weighted by atomic mass is 10.2. The van der Waals surface area contributed by atoms with Crippen LogP contribution in [0.2, 0.25) is 0 Å². The fourth-order valence-corrected chi connectivity index (χ4v) is 1.35. The molecule has 4 heteroatoms. The monoisotopic (exact) mass is 225 g/mol. The summed E-state index contributed by atoms with van der Waals surface area (Å²) < 4.78 is 12.6. The number of aliphatic hydroxyl groups is 1. The topological polar surface area (TPSA) is 49.3 Å². The minimum atomic E-state index is -0.519. The van der Waals surface area contributed by atoms with Crippen LogP contribution in [0, 0.1) is 5.82 Å². The number of hydrogen-bond donors (Lipinski definition) is 2. The van der Waals surface area contributed by atoms with Crippen LogP contribution in [0.1, 0.15) is 30.1 Å². The van der Waals surface area contributed by atoms with Crippen molar-refractivity contribution in [2.75, 3.05) is 6.54 Å². The first kappa shape index (κ1) is 12.6. The summed E-state index contributed by atoms with van der Waals surface area (Å²) in [6.45, 7) is 2.19. The van der Waals surface area contributed by atoms with Crippen LogP contribution < -0.4 is 5.32 Å². The molecule has 0 saturated carbocycles. The molecule has 0 heterocycles. The molecule has 0 bridgehead atoms. The Labute approximate surface area is 94.3 Å². The molecule has 1 amide bonds. The summed E-state index contributed by atoms with van der Waals surface area (Å²) in [5.41, 5.74) is 0.394. The second-order valence-corrected chi connectivity index (χ2v) is 3.66. The van der Waals surface area contributed by atoms with Crippen molar-refractivity contribution in [1.82, 2.24) is 5.32 Å². The van der Waals surface area contributed by atoms with Gasteiger partial charge in [-0.3, -0.25) is 4.79 Å². The van der Waals surface area contributed by atoms with Gasteiger partial charge in [-0.05, 0) is 30.7 Å². The van der Waals surface area contributed by atoms with Crippen LogP contribution >= 0.6 is 0 Å². The molecular formula is C12H16FNO2. The molecule has 88 valence electrons. The normalized spacial score (nSPS) is 12.2. The van der Waals surface area contributed by atoms with Gasteiger partial charge in [0.05, 0.1) is 6.10 Å². The van der Waals surface area contributed by atoms with Crippen LogP contribution in [0.15, 0.2) is 24.3 Å². The van der Waals surface area contributed by atoms with Gasteiger partial charge in [0.2, 0.25) is 0 Å². The van der Waals surface area contributed by atoms with Crippen LogP contribution in [0.3, 0.4) is 0 Å². The highest BCUT2D eigenvalue weighted by molar-refractivity contribution is 5.94. The second-order valence-electron chi connectivity index (χ2n) is 3.66. The molecule has 0 spiro atoms. The van der Waals surface area contributed by atoms with Crippen LogP contribution in [0.5, 0.6) is 0 Å². The number of nitrogens with one attached hydrogen (secondary N) is 1. The number of carbonyl (C=O) groups excluding carboxylic acids is 1. The number of halogens is 1. The fourth-order valence-electron chi connectivity index (χ4n) is 1.35. The number of hydrogen-bond acceptors (Lipinski definition) is 2. The number of rotatable bonds is 5. The van der Waals surface area contributed by atoms with Gasteiger partial charge in [0.15, 0.2) is 0 Å². The van der Waals surface area contributed by atoms with E-state index < -0.39 is 6.10 Å².